The molecule has 0 spiro atoms. The van der Waals surface area contributed by atoms with E-state index in [4.69, 9.17) is 0 Å². The number of imide groups is 2. The Kier molecular flexibility index (Phi) is 2.90. The highest BCUT2D eigenvalue weighted by Crippen LogP contribution is 2.25. The second-order valence-electron chi connectivity index (χ2n) is 4.42. The Balaban J connectivity index is 2.43. The van der Waals surface area contributed by atoms with Gasteiger partial charge in [0, 0.05) is 14.1 Å². The molecule has 1 aliphatic heterocycles. The number of rotatable bonds is 1. The first-order valence-electron chi connectivity index (χ1n) is 5.59. The highest BCUT2D eigenvalue weighted by atomic mass is 16.2. The average molecular weight is 246 g/mol. The van der Waals surface area contributed by atoms with Gasteiger partial charge in [0.1, 0.15) is 5.92 Å². The molecule has 5 nitrogen and oxygen atoms in total. The van der Waals surface area contributed by atoms with Crippen molar-refractivity contribution in [2.24, 2.45) is 0 Å². The number of aryl methyl sites for hydroxylation is 1. The molecule has 0 N–H and O–H groups in total. The highest BCUT2D eigenvalue weighted by molar-refractivity contribution is 6.19. The standard InChI is InChI=1S/C13H14N2O3/c1-8-4-6-9(7-5-8)10-11(16)14(2)13(18)15(3)12(10)17/h4-7,10H,1-3H3. The molecule has 1 fully saturated rings. The fourth-order valence-corrected chi connectivity index (χ4v) is 1.95. The zero-order valence-electron chi connectivity index (χ0n) is 10.5. The van der Waals surface area contributed by atoms with E-state index in [-0.39, 0.29) is 0 Å². The maximum atomic E-state index is 12.0. The van der Waals surface area contributed by atoms with Crippen molar-refractivity contribution in [3.05, 3.63) is 35.4 Å². The molecule has 1 aliphatic rings. The van der Waals surface area contributed by atoms with Gasteiger partial charge < -0.3 is 0 Å². The van der Waals surface area contributed by atoms with Gasteiger partial charge in [-0.15, -0.1) is 0 Å². The Morgan fingerprint density at radius 1 is 0.889 bits per heavy atom. The third-order valence-corrected chi connectivity index (χ3v) is 3.14. The topological polar surface area (TPSA) is 57.7 Å². The minimum Gasteiger partial charge on any atom is -0.273 e. The molecule has 5 heteroatoms. The number of hydrogen-bond acceptors (Lipinski definition) is 3. The first-order valence-corrected chi connectivity index (χ1v) is 5.59. The normalized spacial score (nSPS) is 17.6. The third-order valence-electron chi connectivity index (χ3n) is 3.14. The van der Waals surface area contributed by atoms with E-state index < -0.39 is 23.8 Å². The summed E-state index contributed by atoms with van der Waals surface area (Å²) in [5.41, 5.74) is 1.66. The van der Waals surface area contributed by atoms with Crippen LogP contribution < -0.4 is 0 Å². The second-order valence-corrected chi connectivity index (χ2v) is 4.42. The molecule has 94 valence electrons. The van der Waals surface area contributed by atoms with Gasteiger partial charge in [0.05, 0.1) is 0 Å². The molecule has 2 rings (SSSR count). The number of urea groups is 1. The maximum absolute atomic E-state index is 12.0. The van der Waals surface area contributed by atoms with Crippen LogP contribution in [0.2, 0.25) is 0 Å². The van der Waals surface area contributed by atoms with E-state index in [0.717, 1.165) is 15.4 Å². The molecular weight excluding hydrogens is 232 g/mol. The number of hydrogen-bond donors (Lipinski definition) is 0. The Morgan fingerprint density at radius 2 is 1.33 bits per heavy atom. The van der Waals surface area contributed by atoms with Crippen LogP contribution in [0.4, 0.5) is 4.79 Å². The van der Waals surface area contributed by atoms with Crippen molar-refractivity contribution >= 4 is 17.8 Å². The summed E-state index contributed by atoms with van der Waals surface area (Å²) in [5.74, 6) is -1.88. The maximum Gasteiger partial charge on any atom is 0.332 e. The summed E-state index contributed by atoms with van der Waals surface area (Å²) in [4.78, 5) is 37.6. The first-order chi connectivity index (χ1) is 8.43. The van der Waals surface area contributed by atoms with Gasteiger partial charge in [-0.3, -0.25) is 19.4 Å². The van der Waals surface area contributed by atoms with Gasteiger partial charge in [-0.05, 0) is 12.5 Å². The van der Waals surface area contributed by atoms with E-state index in [1.54, 1.807) is 12.1 Å². The lowest BCUT2D eigenvalue weighted by molar-refractivity contribution is -0.143. The Morgan fingerprint density at radius 3 is 1.78 bits per heavy atom. The van der Waals surface area contributed by atoms with Gasteiger partial charge in [0.25, 0.3) is 0 Å². The zero-order valence-corrected chi connectivity index (χ0v) is 10.5. The number of carbonyl (C=O) groups excluding carboxylic acids is 3. The lowest BCUT2D eigenvalue weighted by Gasteiger charge is -2.32. The van der Waals surface area contributed by atoms with Crippen LogP contribution in [0.15, 0.2) is 24.3 Å². The van der Waals surface area contributed by atoms with Gasteiger partial charge >= 0.3 is 6.03 Å². The van der Waals surface area contributed by atoms with Crippen molar-refractivity contribution in [2.75, 3.05) is 14.1 Å². The van der Waals surface area contributed by atoms with Crippen LogP contribution in [0.5, 0.6) is 0 Å². The smallest absolute Gasteiger partial charge is 0.273 e. The molecule has 1 saturated heterocycles. The minimum atomic E-state index is -0.918. The monoisotopic (exact) mass is 246 g/mol. The van der Waals surface area contributed by atoms with Crippen LogP contribution in [0.25, 0.3) is 0 Å². The van der Waals surface area contributed by atoms with Crippen molar-refractivity contribution in [1.29, 1.82) is 0 Å². The molecule has 0 saturated carbocycles. The summed E-state index contributed by atoms with van der Waals surface area (Å²) < 4.78 is 0. The number of nitrogens with zero attached hydrogens (tertiary/aromatic N) is 2. The summed E-state index contributed by atoms with van der Waals surface area (Å²) in [5, 5.41) is 0. The number of benzene rings is 1. The van der Waals surface area contributed by atoms with E-state index in [1.165, 1.54) is 14.1 Å². The summed E-state index contributed by atoms with van der Waals surface area (Å²) in [6.07, 6.45) is 0. The summed E-state index contributed by atoms with van der Waals surface area (Å²) in [7, 11) is 2.77. The van der Waals surface area contributed by atoms with Crippen LogP contribution in [0, 0.1) is 6.92 Å². The fraction of sp³-hybridized carbons (Fsp3) is 0.308. The van der Waals surface area contributed by atoms with E-state index in [9.17, 15) is 14.4 Å². The number of barbiturate groups is 1. The van der Waals surface area contributed by atoms with E-state index in [1.807, 2.05) is 19.1 Å². The van der Waals surface area contributed by atoms with E-state index in [2.05, 4.69) is 0 Å². The minimum absolute atomic E-state index is 0.480. The van der Waals surface area contributed by atoms with Crippen LogP contribution in [0.3, 0.4) is 0 Å². The van der Waals surface area contributed by atoms with Gasteiger partial charge in [-0.25, -0.2) is 4.79 Å². The van der Waals surface area contributed by atoms with Gasteiger partial charge in [-0.1, -0.05) is 29.8 Å². The molecule has 0 radical (unpaired) electrons. The molecule has 4 amide bonds. The molecule has 1 heterocycles. The van der Waals surface area contributed by atoms with Crippen molar-refractivity contribution in [3.8, 4) is 0 Å². The largest absolute Gasteiger partial charge is 0.332 e. The van der Waals surface area contributed by atoms with Gasteiger partial charge in [0.15, 0.2) is 0 Å². The van der Waals surface area contributed by atoms with Crippen LogP contribution in [0.1, 0.15) is 17.0 Å². The zero-order chi connectivity index (χ0) is 13.4. The third kappa shape index (κ3) is 1.77. The molecule has 0 atom stereocenters. The van der Waals surface area contributed by atoms with Crippen molar-refractivity contribution in [2.45, 2.75) is 12.8 Å². The molecule has 0 aromatic heterocycles. The number of likely N-dealkylation sites (N-methyl/N-ethyl adjacent to an activating group) is 2. The lowest BCUT2D eigenvalue weighted by Crippen LogP contribution is -2.55. The lowest BCUT2D eigenvalue weighted by atomic mass is 9.94. The second kappa shape index (κ2) is 4.25. The van der Waals surface area contributed by atoms with Crippen molar-refractivity contribution < 1.29 is 14.4 Å². The van der Waals surface area contributed by atoms with Crippen LogP contribution in [-0.4, -0.2) is 41.7 Å². The Hall–Kier alpha value is -2.17. The van der Waals surface area contributed by atoms with E-state index >= 15 is 0 Å². The quantitative estimate of drug-likeness (QED) is 0.698. The molecule has 0 bridgehead atoms. The fourth-order valence-electron chi connectivity index (χ4n) is 1.95. The van der Waals surface area contributed by atoms with Gasteiger partial charge in [0.2, 0.25) is 11.8 Å². The Bertz CT molecular complexity index is 498. The predicted octanol–water partition coefficient (Wildman–Crippen LogP) is 1.13. The summed E-state index contributed by atoms with van der Waals surface area (Å²) in [6.45, 7) is 1.93. The number of carbonyl (C=O) groups is 3. The summed E-state index contributed by atoms with van der Waals surface area (Å²) >= 11 is 0. The molecule has 0 aliphatic carbocycles. The molecule has 0 unspecified atom stereocenters. The van der Waals surface area contributed by atoms with Crippen LogP contribution >= 0.6 is 0 Å². The van der Waals surface area contributed by atoms with E-state index in [0.29, 0.717) is 5.56 Å². The SMILES string of the molecule is Cc1ccc(C2C(=O)N(C)C(=O)N(C)C2=O)cc1. The highest BCUT2D eigenvalue weighted by Gasteiger charge is 2.43. The van der Waals surface area contributed by atoms with Gasteiger partial charge in [-0.2, -0.15) is 0 Å². The Labute approximate surface area is 105 Å². The van der Waals surface area contributed by atoms with Crippen LogP contribution in [-0.2, 0) is 9.59 Å². The molecule has 1 aromatic rings. The average Bonchev–Trinajstić information content (AvgIpc) is 2.36. The molecular formula is C13H14N2O3. The summed E-state index contributed by atoms with van der Waals surface area (Å²) in [6, 6.07) is 6.58. The van der Waals surface area contributed by atoms with Crippen molar-refractivity contribution in [3.63, 3.8) is 0 Å². The number of amides is 4. The predicted molar refractivity (Wildman–Crippen MR) is 64.9 cm³/mol. The molecule has 18 heavy (non-hydrogen) atoms. The first kappa shape index (κ1) is 12.3. The molecule has 1 aromatic carbocycles. The van der Waals surface area contributed by atoms with Crippen molar-refractivity contribution in [1.82, 2.24) is 9.80 Å².